The fraction of sp³-hybridized carbons (Fsp3) is 0.575. The topological polar surface area (TPSA) is 46.2 Å². The summed E-state index contributed by atoms with van der Waals surface area (Å²) >= 11 is 0. The molecule has 2 N–H and O–H groups in total. The second kappa shape index (κ2) is 21.9. The third-order valence-electron chi connectivity index (χ3n) is 7.75. The Hall–Kier alpha value is -2.69. The average molecular weight is 604 g/mol. The predicted molar refractivity (Wildman–Crippen MR) is 193 cm³/mol. The van der Waals surface area contributed by atoms with Gasteiger partial charge in [-0.3, -0.25) is 4.98 Å². The Balaban J connectivity index is 0.000000304. The summed E-state index contributed by atoms with van der Waals surface area (Å²) in [6.45, 7) is 30.5. The highest BCUT2D eigenvalue weighted by molar-refractivity contribution is 5.36. The van der Waals surface area contributed by atoms with Crippen LogP contribution >= 0.6 is 0 Å². The van der Waals surface area contributed by atoms with Crippen LogP contribution in [0.3, 0.4) is 0 Å². The van der Waals surface area contributed by atoms with E-state index in [0.29, 0.717) is 17.8 Å². The fourth-order valence-corrected chi connectivity index (χ4v) is 5.07. The van der Waals surface area contributed by atoms with Crippen molar-refractivity contribution in [3.63, 3.8) is 0 Å². The van der Waals surface area contributed by atoms with Crippen molar-refractivity contribution in [2.45, 2.75) is 140 Å². The molecule has 4 nitrogen and oxygen atoms in total. The maximum atomic E-state index is 5.55. The molecule has 3 aliphatic heterocycles. The molecule has 0 atom stereocenters. The minimum absolute atomic E-state index is 0.531. The van der Waals surface area contributed by atoms with Gasteiger partial charge in [0.2, 0.25) is 0 Å². The molecular weight excluding hydrogens is 538 g/mol. The zero-order valence-corrected chi connectivity index (χ0v) is 30.4. The highest BCUT2D eigenvalue weighted by atomic mass is 16.5. The van der Waals surface area contributed by atoms with Crippen LogP contribution in [0.5, 0.6) is 5.75 Å². The highest BCUT2D eigenvalue weighted by Gasteiger charge is 2.13. The van der Waals surface area contributed by atoms with Crippen LogP contribution in [0.15, 0.2) is 48.7 Å². The van der Waals surface area contributed by atoms with Crippen LogP contribution in [0.4, 0.5) is 0 Å². The van der Waals surface area contributed by atoms with Crippen LogP contribution in [-0.4, -0.2) is 18.1 Å². The van der Waals surface area contributed by atoms with Gasteiger partial charge >= 0.3 is 0 Å². The lowest BCUT2D eigenvalue weighted by Crippen LogP contribution is -2.23. The third kappa shape index (κ3) is 12.4. The van der Waals surface area contributed by atoms with Crippen molar-refractivity contribution < 1.29 is 4.74 Å². The lowest BCUT2D eigenvalue weighted by Gasteiger charge is -2.18. The van der Waals surface area contributed by atoms with Gasteiger partial charge in [-0.2, -0.15) is 0 Å². The van der Waals surface area contributed by atoms with Crippen LogP contribution in [0.2, 0.25) is 0 Å². The minimum atomic E-state index is 0.531. The summed E-state index contributed by atoms with van der Waals surface area (Å²) in [6, 6.07) is 15.9. The number of fused-ring (bicyclic) bond motifs is 3. The van der Waals surface area contributed by atoms with Gasteiger partial charge in [0.05, 0.1) is 12.3 Å². The SMILES string of the molecule is CC.CC.CC.CC(C)c1ccc2c(c1)CCNC2.CC(C)c1ccc2c(c1)CNC2.CC(C)c1cnc2c(c1)OCCC2. The van der Waals surface area contributed by atoms with E-state index in [0.717, 1.165) is 57.1 Å². The molecule has 4 heteroatoms. The Morgan fingerprint density at radius 3 is 1.70 bits per heavy atom. The molecule has 0 radical (unpaired) electrons. The molecule has 0 aliphatic carbocycles. The van der Waals surface area contributed by atoms with Gasteiger partial charge < -0.3 is 15.4 Å². The first-order valence-electron chi connectivity index (χ1n) is 17.6. The van der Waals surface area contributed by atoms with Crippen LogP contribution in [0.1, 0.15) is 152 Å². The quantitative estimate of drug-likeness (QED) is 0.313. The number of hydrogen-bond acceptors (Lipinski definition) is 4. The van der Waals surface area contributed by atoms with Gasteiger partial charge in [-0.05, 0) is 88.6 Å². The van der Waals surface area contributed by atoms with E-state index in [1.807, 2.05) is 47.7 Å². The van der Waals surface area contributed by atoms with Gasteiger partial charge in [0.15, 0.2) is 0 Å². The molecule has 4 heterocycles. The number of ether oxygens (including phenoxy) is 1. The van der Waals surface area contributed by atoms with E-state index in [2.05, 4.69) is 99.6 Å². The van der Waals surface area contributed by atoms with Gasteiger partial charge in [0.25, 0.3) is 0 Å². The van der Waals surface area contributed by atoms with Gasteiger partial charge in [0.1, 0.15) is 5.75 Å². The average Bonchev–Trinajstić information content (AvgIpc) is 3.56. The molecule has 6 rings (SSSR count). The van der Waals surface area contributed by atoms with E-state index in [1.54, 1.807) is 5.56 Å². The second-order valence-electron chi connectivity index (χ2n) is 11.7. The summed E-state index contributed by atoms with van der Waals surface area (Å²) in [5.41, 5.74) is 11.3. The van der Waals surface area contributed by atoms with Crippen molar-refractivity contribution in [3.05, 3.63) is 93.3 Å². The zero-order chi connectivity index (χ0) is 33.1. The molecule has 246 valence electrons. The molecular formula is C40H65N3O. The second-order valence-corrected chi connectivity index (χ2v) is 11.7. The Morgan fingerprint density at radius 2 is 1.11 bits per heavy atom. The van der Waals surface area contributed by atoms with E-state index < -0.39 is 0 Å². The van der Waals surface area contributed by atoms with Crippen molar-refractivity contribution in [3.8, 4) is 5.75 Å². The normalized spacial score (nSPS) is 13.8. The van der Waals surface area contributed by atoms with Gasteiger partial charge in [-0.1, -0.05) is 119 Å². The summed E-state index contributed by atoms with van der Waals surface area (Å²) in [6.07, 6.45) is 5.32. The van der Waals surface area contributed by atoms with Crippen molar-refractivity contribution >= 4 is 0 Å². The largest absolute Gasteiger partial charge is 0.492 e. The first-order valence-corrected chi connectivity index (χ1v) is 17.6. The molecule has 3 aromatic rings. The van der Waals surface area contributed by atoms with Crippen molar-refractivity contribution in [1.82, 2.24) is 15.6 Å². The Bertz CT molecular complexity index is 1140. The monoisotopic (exact) mass is 604 g/mol. The first-order chi connectivity index (χ1) is 21.3. The van der Waals surface area contributed by atoms with E-state index in [-0.39, 0.29) is 0 Å². The maximum absolute atomic E-state index is 5.55. The minimum Gasteiger partial charge on any atom is -0.492 e. The van der Waals surface area contributed by atoms with Crippen molar-refractivity contribution in [1.29, 1.82) is 0 Å². The molecule has 2 aromatic carbocycles. The molecule has 0 spiro atoms. The number of benzene rings is 2. The van der Waals surface area contributed by atoms with Gasteiger partial charge in [-0.15, -0.1) is 0 Å². The van der Waals surface area contributed by atoms with Crippen LogP contribution in [0, 0.1) is 0 Å². The zero-order valence-electron chi connectivity index (χ0n) is 30.4. The van der Waals surface area contributed by atoms with E-state index >= 15 is 0 Å². The number of hydrogen-bond donors (Lipinski definition) is 2. The lowest BCUT2D eigenvalue weighted by atomic mass is 9.94. The molecule has 0 amide bonds. The summed E-state index contributed by atoms with van der Waals surface area (Å²) in [5, 5.41) is 6.74. The highest BCUT2D eigenvalue weighted by Crippen LogP contribution is 2.26. The summed E-state index contributed by atoms with van der Waals surface area (Å²) in [5.74, 6) is 2.83. The van der Waals surface area contributed by atoms with E-state index in [9.17, 15) is 0 Å². The molecule has 0 bridgehead atoms. The van der Waals surface area contributed by atoms with Gasteiger partial charge in [-0.25, -0.2) is 0 Å². The summed E-state index contributed by atoms with van der Waals surface area (Å²) in [7, 11) is 0. The van der Waals surface area contributed by atoms with Crippen LogP contribution in [0.25, 0.3) is 0 Å². The molecule has 0 fully saturated rings. The van der Waals surface area contributed by atoms with E-state index in [4.69, 9.17) is 4.74 Å². The third-order valence-corrected chi connectivity index (χ3v) is 7.75. The number of nitrogens with one attached hydrogen (secondary N) is 2. The van der Waals surface area contributed by atoms with Crippen molar-refractivity contribution in [2.24, 2.45) is 0 Å². The van der Waals surface area contributed by atoms with E-state index in [1.165, 1.54) is 39.8 Å². The molecule has 0 saturated carbocycles. The summed E-state index contributed by atoms with van der Waals surface area (Å²) < 4.78 is 5.55. The number of nitrogens with zero attached hydrogens (tertiary/aromatic N) is 1. The number of aryl methyl sites for hydroxylation is 1. The molecule has 1 aromatic heterocycles. The first kappa shape index (κ1) is 39.3. The predicted octanol–water partition coefficient (Wildman–Crippen LogP) is 10.5. The number of rotatable bonds is 3. The fourth-order valence-electron chi connectivity index (χ4n) is 5.07. The van der Waals surface area contributed by atoms with Crippen LogP contribution < -0.4 is 15.4 Å². The lowest BCUT2D eigenvalue weighted by molar-refractivity contribution is 0.284. The van der Waals surface area contributed by atoms with Crippen LogP contribution in [-0.2, 0) is 32.5 Å². The Kier molecular flexibility index (Phi) is 19.6. The maximum Gasteiger partial charge on any atom is 0.141 e. The smallest absolute Gasteiger partial charge is 0.141 e. The molecule has 0 saturated heterocycles. The molecule has 3 aliphatic rings. The number of aromatic nitrogens is 1. The van der Waals surface area contributed by atoms with Gasteiger partial charge in [0, 0.05) is 25.8 Å². The molecule has 0 unspecified atom stereocenters. The Morgan fingerprint density at radius 1 is 0.591 bits per heavy atom. The molecule has 44 heavy (non-hydrogen) atoms. The van der Waals surface area contributed by atoms with Crippen molar-refractivity contribution in [2.75, 3.05) is 13.2 Å². The standard InChI is InChI=1S/C12H17N.C11H15NO.C11H15N.3C2H6/c1-9(2)10-3-4-12-8-13-6-5-11(12)7-10;1-8(2)9-6-11-10(12-7-9)4-3-5-13-11;1-8(2)9-3-4-10-6-12-7-11(10)5-9;3*1-2/h3-4,7,9,13H,5-6,8H2,1-2H3;6-8H,3-5H2,1-2H3;3-5,8,12H,6-7H2,1-2H3;3*1-2H3. The Labute approximate surface area is 271 Å². The number of pyridine rings is 1. The summed E-state index contributed by atoms with van der Waals surface area (Å²) in [4.78, 5) is 4.42.